The molecule has 0 spiro atoms. The summed E-state index contributed by atoms with van der Waals surface area (Å²) in [5.74, 6) is 1.24. The summed E-state index contributed by atoms with van der Waals surface area (Å²) in [7, 11) is 0. The molecule has 3 rings (SSSR count). The quantitative estimate of drug-likeness (QED) is 0.610. The molecule has 154 valence electrons. The molecule has 0 radical (unpaired) electrons. The predicted octanol–water partition coefficient (Wildman–Crippen LogP) is 3.23. The van der Waals surface area contributed by atoms with E-state index in [1.165, 1.54) is 12.4 Å². The fraction of sp³-hybridized carbons (Fsp3) is 0.400. The zero-order valence-electron chi connectivity index (χ0n) is 16.6. The Balaban J connectivity index is 1.61. The third-order valence-electron chi connectivity index (χ3n) is 4.54. The summed E-state index contributed by atoms with van der Waals surface area (Å²) in [4.78, 5) is 30.6. The number of anilines is 1. The molecule has 0 saturated heterocycles. The van der Waals surface area contributed by atoms with Crippen LogP contribution in [0.2, 0.25) is 0 Å². The van der Waals surface area contributed by atoms with Crippen LogP contribution in [0, 0.1) is 6.92 Å². The number of fused-ring (bicyclic) bond motifs is 1. The number of aromatic nitrogens is 2. The molecule has 3 N–H and O–H groups in total. The van der Waals surface area contributed by atoms with Crippen LogP contribution in [0.4, 0.5) is 10.5 Å². The number of hydrogen-bond donors (Lipinski definition) is 3. The molecule has 1 aromatic heterocycles. The molecule has 1 aliphatic rings. The van der Waals surface area contributed by atoms with E-state index in [-0.39, 0.29) is 30.3 Å². The molecule has 0 atom stereocenters. The number of nitrogens with zero attached hydrogens (tertiary/aromatic N) is 2. The van der Waals surface area contributed by atoms with E-state index in [0.29, 0.717) is 24.5 Å². The van der Waals surface area contributed by atoms with Crippen LogP contribution >= 0.6 is 0 Å². The lowest BCUT2D eigenvalue weighted by Gasteiger charge is -2.19. The summed E-state index contributed by atoms with van der Waals surface area (Å²) < 4.78 is 11.7. The van der Waals surface area contributed by atoms with Crippen LogP contribution < -0.4 is 20.1 Å². The number of amides is 2. The maximum atomic E-state index is 11.9. The number of aryl methyl sites for hydroxylation is 1. The third-order valence-corrected chi connectivity index (χ3v) is 4.54. The van der Waals surface area contributed by atoms with Gasteiger partial charge in [-0.25, -0.2) is 14.8 Å². The van der Waals surface area contributed by atoms with Gasteiger partial charge in [-0.15, -0.1) is 0 Å². The Kier molecular flexibility index (Phi) is 5.86. The minimum atomic E-state index is -1.11. The van der Waals surface area contributed by atoms with Crippen LogP contribution in [0.15, 0.2) is 24.5 Å². The second-order valence-electron chi connectivity index (χ2n) is 7.50. The summed E-state index contributed by atoms with van der Waals surface area (Å²) in [5.41, 5.74) is 2.30. The summed E-state index contributed by atoms with van der Waals surface area (Å²) >= 11 is 0. The van der Waals surface area contributed by atoms with Crippen LogP contribution in [0.5, 0.6) is 17.5 Å². The van der Waals surface area contributed by atoms with Crippen molar-refractivity contribution < 1.29 is 24.2 Å². The van der Waals surface area contributed by atoms with Crippen molar-refractivity contribution in [3.05, 3.63) is 35.7 Å². The highest BCUT2D eigenvalue weighted by molar-refractivity contribution is 5.90. The summed E-state index contributed by atoms with van der Waals surface area (Å²) in [6.07, 6.45) is 2.40. The zero-order chi connectivity index (χ0) is 21.0. The molecule has 0 aliphatic carbocycles. The highest BCUT2D eigenvalue weighted by Crippen LogP contribution is 2.46. The van der Waals surface area contributed by atoms with E-state index in [1.807, 2.05) is 19.1 Å². The van der Waals surface area contributed by atoms with Crippen molar-refractivity contribution in [2.24, 2.45) is 0 Å². The first-order valence-electron chi connectivity index (χ1n) is 9.30. The monoisotopic (exact) mass is 400 g/mol. The van der Waals surface area contributed by atoms with Crippen molar-refractivity contribution in [1.29, 1.82) is 0 Å². The molecule has 9 heteroatoms. The van der Waals surface area contributed by atoms with Gasteiger partial charge in [-0.05, 0) is 25.0 Å². The maximum Gasteiger partial charge on any atom is 0.404 e. The molecule has 29 heavy (non-hydrogen) atoms. The topological polar surface area (TPSA) is 123 Å². The second kappa shape index (κ2) is 8.34. The molecule has 2 heterocycles. The molecule has 0 bridgehead atoms. The molecule has 0 saturated carbocycles. The number of nitrogens with one attached hydrogen (secondary N) is 2. The fourth-order valence-electron chi connectivity index (χ4n) is 3.10. The number of carbonyl (C=O) groups is 2. The van der Waals surface area contributed by atoms with E-state index in [1.54, 1.807) is 0 Å². The van der Waals surface area contributed by atoms with Crippen LogP contribution in [0.25, 0.3) is 0 Å². The Bertz CT molecular complexity index is 912. The van der Waals surface area contributed by atoms with E-state index in [4.69, 9.17) is 14.6 Å². The lowest BCUT2D eigenvalue weighted by Crippen LogP contribution is -2.23. The van der Waals surface area contributed by atoms with Gasteiger partial charge in [0.2, 0.25) is 5.91 Å². The molecule has 1 aliphatic heterocycles. The molecule has 1 aromatic carbocycles. The molecular weight excluding hydrogens is 376 g/mol. The average Bonchev–Trinajstić information content (AvgIpc) is 2.99. The molecule has 9 nitrogen and oxygen atoms in total. The SMILES string of the molecule is Cc1ccc(Oc2ncc(NC(=O)CCCNC(=O)O)cn2)c2c1OCC2(C)C. The van der Waals surface area contributed by atoms with Crippen molar-refractivity contribution in [3.8, 4) is 17.5 Å². The Morgan fingerprint density at radius 1 is 1.28 bits per heavy atom. The van der Waals surface area contributed by atoms with Crippen molar-refractivity contribution in [2.75, 3.05) is 18.5 Å². The van der Waals surface area contributed by atoms with E-state index in [9.17, 15) is 9.59 Å². The van der Waals surface area contributed by atoms with Gasteiger partial charge in [-0.2, -0.15) is 0 Å². The molecule has 0 unspecified atom stereocenters. The highest BCUT2D eigenvalue weighted by atomic mass is 16.5. The minimum absolute atomic E-state index is 0.169. The predicted molar refractivity (Wildman–Crippen MR) is 106 cm³/mol. The van der Waals surface area contributed by atoms with Crippen molar-refractivity contribution in [3.63, 3.8) is 0 Å². The van der Waals surface area contributed by atoms with Crippen molar-refractivity contribution >= 4 is 17.7 Å². The smallest absolute Gasteiger partial charge is 0.404 e. The average molecular weight is 400 g/mol. The Hall–Kier alpha value is -3.36. The van der Waals surface area contributed by atoms with Crippen molar-refractivity contribution in [1.82, 2.24) is 15.3 Å². The van der Waals surface area contributed by atoms with Crippen LogP contribution in [0.3, 0.4) is 0 Å². The number of carbonyl (C=O) groups excluding carboxylic acids is 1. The highest BCUT2D eigenvalue weighted by Gasteiger charge is 2.36. The number of carboxylic acid groups (broad SMARTS) is 1. The van der Waals surface area contributed by atoms with Gasteiger partial charge in [0.1, 0.15) is 11.5 Å². The maximum absolute atomic E-state index is 11.9. The van der Waals surface area contributed by atoms with Gasteiger partial charge in [0.15, 0.2) is 0 Å². The van der Waals surface area contributed by atoms with Crippen LogP contribution in [0.1, 0.15) is 37.8 Å². The zero-order valence-corrected chi connectivity index (χ0v) is 16.6. The summed E-state index contributed by atoms with van der Waals surface area (Å²) in [5, 5.41) is 13.4. The van der Waals surface area contributed by atoms with E-state index < -0.39 is 6.09 Å². The molecule has 2 aromatic rings. The first-order valence-corrected chi connectivity index (χ1v) is 9.30. The van der Waals surface area contributed by atoms with Gasteiger partial charge in [0.05, 0.1) is 24.7 Å². The van der Waals surface area contributed by atoms with Gasteiger partial charge < -0.3 is 25.2 Å². The molecule has 0 fully saturated rings. The van der Waals surface area contributed by atoms with Crippen molar-refractivity contribution in [2.45, 2.75) is 39.0 Å². The first kappa shape index (κ1) is 20.4. The van der Waals surface area contributed by atoms with Crippen LogP contribution in [-0.4, -0.2) is 40.2 Å². The van der Waals surface area contributed by atoms with Gasteiger partial charge in [-0.3, -0.25) is 4.79 Å². The largest absolute Gasteiger partial charge is 0.492 e. The van der Waals surface area contributed by atoms with Gasteiger partial charge in [0.25, 0.3) is 0 Å². The minimum Gasteiger partial charge on any atom is -0.492 e. The van der Waals surface area contributed by atoms with Gasteiger partial charge in [-0.1, -0.05) is 19.9 Å². The molecule has 2 amide bonds. The molecular formula is C20H24N4O5. The normalized spacial score (nSPS) is 13.9. The summed E-state index contributed by atoms with van der Waals surface area (Å²) in [6, 6.07) is 3.99. The fourth-order valence-corrected chi connectivity index (χ4v) is 3.10. The third kappa shape index (κ3) is 4.92. The Morgan fingerprint density at radius 3 is 2.69 bits per heavy atom. The van der Waals surface area contributed by atoms with Crippen LogP contribution in [-0.2, 0) is 10.2 Å². The van der Waals surface area contributed by atoms with E-state index >= 15 is 0 Å². The van der Waals surface area contributed by atoms with E-state index in [0.717, 1.165) is 16.9 Å². The van der Waals surface area contributed by atoms with Gasteiger partial charge in [0, 0.05) is 23.9 Å². The Morgan fingerprint density at radius 2 is 2.00 bits per heavy atom. The Labute approximate surface area is 168 Å². The number of rotatable bonds is 7. The first-order chi connectivity index (χ1) is 13.8. The standard InChI is InChI=1S/C20H24N4O5/c1-12-6-7-14(16-17(12)28-11-20(16,2)3)29-18-22-9-13(10-23-18)24-15(25)5-4-8-21-19(26)27/h6-7,9-10,21H,4-5,8,11H2,1-3H3,(H,24,25)(H,26,27). The lowest BCUT2D eigenvalue weighted by molar-refractivity contribution is -0.116. The second-order valence-corrected chi connectivity index (χ2v) is 7.50. The summed E-state index contributed by atoms with van der Waals surface area (Å²) in [6.45, 7) is 6.98. The van der Waals surface area contributed by atoms with Gasteiger partial charge >= 0.3 is 12.1 Å². The number of benzene rings is 1. The van der Waals surface area contributed by atoms with E-state index in [2.05, 4.69) is 34.4 Å². The lowest BCUT2D eigenvalue weighted by atomic mass is 9.85. The number of ether oxygens (including phenoxy) is 2. The number of hydrogen-bond acceptors (Lipinski definition) is 6.